The van der Waals surface area contributed by atoms with Crippen LogP contribution in [-0.2, 0) is 0 Å². The third-order valence-corrected chi connectivity index (χ3v) is 3.71. The minimum atomic E-state index is 0.0428. The summed E-state index contributed by atoms with van der Waals surface area (Å²) in [7, 11) is 0. The summed E-state index contributed by atoms with van der Waals surface area (Å²) in [6.45, 7) is 5.59. The highest BCUT2D eigenvalue weighted by Gasteiger charge is 2.16. The number of rotatable bonds is 2. The number of benzene rings is 1. The van der Waals surface area contributed by atoms with Crippen molar-refractivity contribution in [3.8, 4) is 11.3 Å². The summed E-state index contributed by atoms with van der Waals surface area (Å²) in [4.78, 5) is 20.9. The average molecular weight is 276 g/mol. The first kappa shape index (κ1) is 13.4. The Balaban J connectivity index is 2.36. The van der Waals surface area contributed by atoms with Crippen molar-refractivity contribution in [1.82, 2.24) is 9.97 Å². The lowest BCUT2D eigenvalue weighted by molar-refractivity contribution is 0.101. The van der Waals surface area contributed by atoms with Gasteiger partial charge in [-0.25, -0.2) is 4.98 Å². The van der Waals surface area contributed by atoms with Crippen LogP contribution >= 0.6 is 0 Å². The van der Waals surface area contributed by atoms with E-state index in [1.165, 1.54) is 5.56 Å². The van der Waals surface area contributed by atoms with Crippen molar-refractivity contribution in [2.24, 2.45) is 0 Å². The van der Waals surface area contributed by atoms with Crippen LogP contribution in [0.5, 0.6) is 0 Å². The molecule has 21 heavy (non-hydrogen) atoms. The predicted molar refractivity (Wildman–Crippen MR) is 84.5 cm³/mol. The SMILES string of the molecule is CC(=O)c1c(C)c(-c2ccc(C)cc2)nc2ccncc12. The van der Waals surface area contributed by atoms with Crippen LogP contribution in [0.3, 0.4) is 0 Å². The van der Waals surface area contributed by atoms with E-state index in [-0.39, 0.29) is 5.78 Å². The summed E-state index contributed by atoms with van der Waals surface area (Å²) in [6, 6.07) is 10.0. The van der Waals surface area contributed by atoms with Crippen molar-refractivity contribution in [2.45, 2.75) is 20.8 Å². The maximum atomic E-state index is 12.1. The summed E-state index contributed by atoms with van der Waals surface area (Å²) in [5.41, 5.74) is 5.51. The van der Waals surface area contributed by atoms with Gasteiger partial charge in [-0.3, -0.25) is 9.78 Å². The molecule has 1 aromatic carbocycles. The first-order valence-corrected chi connectivity index (χ1v) is 6.90. The topological polar surface area (TPSA) is 42.9 Å². The third kappa shape index (κ3) is 2.31. The van der Waals surface area contributed by atoms with Crippen LogP contribution in [-0.4, -0.2) is 15.8 Å². The fraction of sp³-hybridized carbons (Fsp3) is 0.167. The van der Waals surface area contributed by atoms with Gasteiger partial charge in [-0.2, -0.15) is 0 Å². The van der Waals surface area contributed by atoms with Gasteiger partial charge in [0.05, 0.1) is 11.2 Å². The first-order chi connectivity index (χ1) is 10.1. The zero-order valence-electron chi connectivity index (χ0n) is 12.3. The van der Waals surface area contributed by atoms with E-state index in [4.69, 9.17) is 4.98 Å². The van der Waals surface area contributed by atoms with Gasteiger partial charge >= 0.3 is 0 Å². The number of fused-ring (bicyclic) bond motifs is 1. The highest BCUT2D eigenvalue weighted by Crippen LogP contribution is 2.29. The fourth-order valence-corrected chi connectivity index (χ4v) is 2.65. The molecule has 0 aliphatic rings. The van der Waals surface area contributed by atoms with Gasteiger partial charge in [0.2, 0.25) is 0 Å². The molecule has 3 heteroatoms. The molecule has 0 saturated carbocycles. The third-order valence-electron chi connectivity index (χ3n) is 3.71. The van der Waals surface area contributed by atoms with Crippen molar-refractivity contribution < 1.29 is 4.79 Å². The molecule has 0 amide bonds. The minimum absolute atomic E-state index is 0.0428. The lowest BCUT2D eigenvalue weighted by atomic mass is 9.96. The van der Waals surface area contributed by atoms with Crippen LogP contribution in [0.1, 0.15) is 28.4 Å². The van der Waals surface area contributed by atoms with Crippen molar-refractivity contribution in [2.75, 3.05) is 0 Å². The summed E-state index contributed by atoms with van der Waals surface area (Å²) in [5.74, 6) is 0.0428. The normalized spacial score (nSPS) is 10.8. The van der Waals surface area contributed by atoms with E-state index in [1.807, 2.05) is 25.1 Å². The number of carbonyl (C=O) groups excluding carboxylic acids is 1. The average Bonchev–Trinajstić information content (AvgIpc) is 2.47. The molecule has 3 nitrogen and oxygen atoms in total. The van der Waals surface area contributed by atoms with E-state index in [1.54, 1.807) is 19.3 Å². The summed E-state index contributed by atoms with van der Waals surface area (Å²) in [5, 5.41) is 0.818. The van der Waals surface area contributed by atoms with Gasteiger partial charge in [0.15, 0.2) is 5.78 Å². The standard InChI is InChI=1S/C18H16N2O/c1-11-4-6-14(7-5-11)18-12(2)17(13(3)21)15-10-19-9-8-16(15)20-18/h4-10H,1-3H3. The Morgan fingerprint density at radius 1 is 1.05 bits per heavy atom. The number of pyridine rings is 2. The Hall–Kier alpha value is -2.55. The number of aryl methyl sites for hydroxylation is 1. The Bertz CT molecular complexity index is 836. The minimum Gasteiger partial charge on any atom is -0.294 e. The maximum Gasteiger partial charge on any atom is 0.160 e. The highest BCUT2D eigenvalue weighted by molar-refractivity contribution is 6.08. The van der Waals surface area contributed by atoms with Crippen molar-refractivity contribution >= 4 is 16.7 Å². The quantitative estimate of drug-likeness (QED) is 0.661. The lowest BCUT2D eigenvalue weighted by Gasteiger charge is -2.12. The molecule has 0 aliphatic carbocycles. The molecule has 0 fully saturated rings. The first-order valence-electron chi connectivity index (χ1n) is 6.90. The number of hydrogen-bond donors (Lipinski definition) is 0. The predicted octanol–water partition coefficient (Wildman–Crippen LogP) is 4.12. The number of hydrogen-bond acceptors (Lipinski definition) is 3. The van der Waals surface area contributed by atoms with Gasteiger partial charge in [-0.05, 0) is 32.4 Å². The molecule has 0 bridgehead atoms. The van der Waals surface area contributed by atoms with Crippen molar-refractivity contribution in [3.63, 3.8) is 0 Å². The second-order valence-corrected chi connectivity index (χ2v) is 5.28. The van der Waals surface area contributed by atoms with Gasteiger partial charge in [0.25, 0.3) is 0 Å². The molecule has 3 rings (SSSR count). The number of nitrogens with zero attached hydrogens (tertiary/aromatic N) is 2. The molecule has 0 atom stereocenters. The zero-order valence-corrected chi connectivity index (χ0v) is 12.3. The summed E-state index contributed by atoms with van der Waals surface area (Å²) < 4.78 is 0. The number of aromatic nitrogens is 2. The van der Waals surface area contributed by atoms with Gasteiger partial charge in [0, 0.05) is 28.9 Å². The van der Waals surface area contributed by atoms with Crippen molar-refractivity contribution in [1.29, 1.82) is 0 Å². The van der Waals surface area contributed by atoms with E-state index < -0.39 is 0 Å². The van der Waals surface area contributed by atoms with E-state index in [9.17, 15) is 4.79 Å². The molecule has 0 radical (unpaired) electrons. The Morgan fingerprint density at radius 2 is 1.76 bits per heavy atom. The van der Waals surface area contributed by atoms with E-state index >= 15 is 0 Å². The molecule has 3 aromatic rings. The van der Waals surface area contributed by atoms with Gasteiger partial charge < -0.3 is 0 Å². The van der Waals surface area contributed by atoms with Crippen LogP contribution in [0.25, 0.3) is 22.2 Å². The Labute approximate surface area is 123 Å². The zero-order chi connectivity index (χ0) is 15.0. The molecule has 2 aromatic heterocycles. The molecule has 0 aliphatic heterocycles. The molecular weight excluding hydrogens is 260 g/mol. The number of Topliss-reactive ketones (excluding diaryl/α,β-unsaturated/α-hetero) is 1. The van der Waals surface area contributed by atoms with Crippen LogP contribution in [0, 0.1) is 13.8 Å². The van der Waals surface area contributed by atoms with Crippen LogP contribution < -0.4 is 0 Å². The largest absolute Gasteiger partial charge is 0.294 e. The van der Waals surface area contributed by atoms with Crippen molar-refractivity contribution in [3.05, 3.63) is 59.4 Å². The van der Waals surface area contributed by atoms with Gasteiger partial charge in [-0.1, -0.05) is 29.8 Å². The number of ketones is 1. The molecule has 2 heterocycles. The van der Waals surface area contributed by atoms with Crippen LogP contribution in [0.4, 0.5) is 0 Å². The van der Waals surface area contributed by atoms with Crippen LogP contribution in [0.15, 0.2) is 42.7 Å². The molecular formula is C18H16N2O. The molecule has 0 spiro atoms. The summed E-state index contributed by atoms with van der Waals surface area (Å²) >= 11 is 0. The molecule has 0 unspecified atom stereocenters. The monoisotopic (exact) mass is 276 g/mol. The van der Waals surface area contributed by atoms with Gasteiger partial charge in [0.1, 0.15) is 0 Å². The highest BCUT2D eigenvalue weighted by atomic mass is 16.1. The second-order valence-electron chi connectivity index (χ2n) is 5.28. The molecule has 0 N–H and O–H groups in total. The van der Waals surface area contributed by atoms with E-state index in [0.29, 0.717) is 5.56 Å². The maximum absolute atomic E-state index is 12.1. The van der Waals surface area contributed by atoms with E-state index in [0.717, 1.165) is 27.7 Å². The molecule has 0 saturated heterocycles. The Kier molecular flexibility index (Phi) is 3.26. The summed E-state index contributed by atoms with van der Waals surface area (Å²) in [6.07, 6.45) is 3.42. The molecule has 104 valence electrons. The second kappa shape index (κ2) is 5.09. The Morgan fingerprint density at radius 3 is 2.43 bits per heavy atom. The lowest BCUT2D eigenvalue weighted by Crippen LogP contribution is -2.03. The smallest absolute Gasteiger partial charge is 0.160 e. The fourth-order valence-electron chi connectivity index (χ4n) is 2.65. The van der Waals surface area contributed by atoms with Crippen LogP contribution in [0.2, 0.25) is 0 Å². The van der Waals surface area contributed by atoms with E-state index in [2.05, 4.69) is 24.0 Å². The van der Waals surface area contributed by atoms with Gasteiger partial charge in [-0.15, -0.1) is 0 Å². The number of carbonyl (C=O) groups is 1.